The Labute approximate surface area is 79.2 Å². The first-order chi connectivity index (χ1) is 5.47. The molecule has 2 nitrogen and oxygen atoms in total. The Morgan fingerprint density at radius 1 is 1.42 bits per heavy atom. The van der Waals surface area contributed by atoms with E-state index in [-0.39, 0.29) is 5.41 Å². The first-order valence-electron chi connectivity index (χ1n) is 4.21. The maximum Gasteiger partial charge on any atom is 0.148 e. The van der Waals surface area contributed by atoms with E-state index < -0.39 is 9.84 Å². The van der Waals surface area contributed by atoms with Gasteiger partial charge < -0.3 is 0 Å². The third-order valence-electron chi connectivity index (χ3n) is 2.37. The summed E-state index contributed by atoms with van der Waals surface area (Å²) in [7, 11) is -2.79. The van der Waals surface area contributed by atoms with Gasteiger partial charge in [-0.05, 0) is 31.1 Å². The quantitative estimate of drug-likeness (QED) is 0.649. The van der Waals surface area contributed by atoms with Crippen LogP contribution in [0.5, 0.6) is 0 Å². The summed E-state index contributed by atoms with van der Waals surface area (Å²) in [5, 5.41) is 0. The fraction of sp³-hybridized carbons (Fsp3) is 1.00. The monoisotopic (exact) mass is 210 g/mol. The number of hydrogen-bond acceptors (Lipinski definition) is 2. The molecule has 72 valence electrons. The van der Waals surface area contributed by atoms with E-state index in [1.165, 1.54) is 6.26 Å². The van der Waals surface area contributed by atoms with Gasteiger partial charge in [-0.3, -0.25) is 0 Å². The van der Waals surface area contributed by atoms with Crippen molar-refractivity contribution >= 4 is 21.4 Å². The molecule has 0 saturated heterocycles. The summed E-state index contributed by atoms with van der Waals surface area (Å²) in [4.78, 5) is 0. The van der Waals surface area contributed by atoms with Crippen LogP contribution in [0, 0.1) is 5.41 Å². The van der Waals surface area contributed by atoms with Crippen molar-refractivity contribution in [1.29, 1.82) is 0 Å². The van der Waals surface area contributed by atoms with E-state index in [0.717, 1.165) is 25.7 Å². The number of rotatable bonds is 5. The van der Waals surface area contributed by atoms with Gasteiger partial charge in [0.25, 0.3) is 0 Å². The SMILES string of the molecule is CS(=O)(=O)CC1(CCCCl)CC1. The molecule has 4 heteroatoms. The molecule has 1 saturated carbocycles. The Bertz CT molecular complexity index is 242. The fourth-order valence-corrected chi connectivity index (χ4v) is 3.32. The van der Waals surface area contributed by atoms with Gasteiger partial charge in [0.2, 0.25) is 0 Å². The molecule has 0 aromatic carbocycles. The van der Waals surface area contributed by atoms with E-state index in [0.29, 0.717) is 11.6 Å². The molecule has 0 radical (unpaired) electrons. The minimum Gasteiger partial charge on any atom is -0.229 e. The highest BCUT2D eigenvalue weighted by atomic mass is 35.5. The normalized spacial score (nSPS) is 20.8. The molecule has 0 atom stereocenters. The van der Waals surface area contributed by atoms with Crippen molar-refractivity contribution in [3.63, 3.8) is 0 Å². The molecule has 1 fully saturated rings. The zero-order chi connectivity index (χ0) is 9.24. The Balaban J connectivity index is 2.40. The highest BCUT2D eigenvalue weighted by Gasteiger charge is 2.44. The van der Waals surface area contributed by atoms with Crippen molar-refractivity contribution in [3.8, 4) is 0 Å². The molecule has 0 spiro atoms. The maximum absolute atomic E-state index is 11.0. The molecular weight excluding hydrogens is 196 g/mol. The van der Waals surface area contributed by atoms with Gasteiger partial charge >= 0.3 is 0 Å². The van der Waals surface area contributed by atoms with Crippen molar-refractivity contribution in [1.82, 2.24) is 0 Å². The molecular formula is C8H15ClO2S. The van der Waals surface area contributed by atoms with Gasteiger partial charge in [0.05, 0.1) is 5.75 Å². The Hall–Kier alpha value is 0.240. The predicted octanol–water partition coefficient (Wildman–Crippen LogP) is 1.83. The van der Waals surface area contributed by atoms with Crippen LogP contribution in [-0.2, 0) is 9.84 Å². The summed E-state index contributed by atoms with van der Waals surface area (Å²) in [6, 6.07) is 0. The van der Waals surface area contributed by atoms with Gasteiger partial charge in [-0.25, -0.2) is 8.42 Å². The van der Waals surface area contributed by atoms with Crippen molar-refractivity contribution in [2.45, 2.75) is 25.7 Å². The molecule has 0 bridgehead atoms. The van der Waals surface area contributed by atoms with Gasteiger partial charge in [0.15, 0.2) is 0 Å². The van der Waals surface area contributed by atoms with Crippen LogP contribution in [0.2, 0.25) is 0 Å². The maximum atomic E-state index is 11.0. The first-order valence-corrected chi connectivity index (χ1v) is 6.81. The largest absolute Gasteiger partial charge is 0.229 e. The Morgan fingerprint density at radius 3 is 2.33 bits per heavy atom. The zero-order valence-corrected chi connectivity index (χ0v) is 8.92. The summed E-state index contributed by atoms with van der Waals surface area (Å²) in [6.45, 7) is 0. The molecule has 1 aliphatic rings. The predicted molar refractivity (Wildman–Crippen MR) is 51.3 cm³/mol. The van der Waals surface area contributed by atoms with Gasteiger partial charge in [-0.15, -0.1) is 11.6 Å². The standard InChI is InChI=1S/C8H15ClO2S/c1-12(10,11)7-8(4-5-8)3-2-6-9/h2-7H2,1H3. The molecule has 0 aromatic heterocycles. The Kier molecular flexibility index (Phi) is 3.05. The average molecular weight is 211 g/mol. The van der Waals surface area contributed by atoms with Gasteiger partial charge in [0.1, 0.15) is 9.84 Å². The summed E-state index contributed by atoms with van der Waals surface area (Å²) in [6.07, 6.45) is 5.36. The van der Waals surface area contributed by atoms with Gasteiger partial charge in [0, 0.05) is 12.1 Å². The van der Waals surface area contributed by atoms with E-state index >= 15 is 0 Å². The van der Waals surface area contributed by atoms with Crippen LogP contribution in [0.25, 0.3) is 0 Å². The summed E-state index contributed by atoms with van der Waals surface area (Å²) in [5.74, 6) is 1.00. The van der Waals surface area contributed by atoms with Crippen molar-refractivity contribution in [3.05, 3.63) is 0 Å². The lowest BCUT2D eigenvalue weighted by atomic mass is 10.0. The third-order valence-corrected chi connectivity index (χ3v) is 3.77. The summed E-state index contributed by atoms with van der Waals surface area (Å²) < 4.78 is 22.0. The van der Waals surface area contributed by atoms with Crippen molar-refractivity contribution < 1.29 is 8.42 Å². The smallest absolute Gasteiger partial charge is 0.148 e. The van der Waals surface area contributed by atoms with Crippen molar-refractivity contribution in [2.75, 3.05) is 17.9 Å². The molecule has 0 heterocycles. The molecule has 12 heavy (non-hydrogen) atoms. The summed E-state index contributed by atoms with van der Waals surface area (Å²) in [5.41, 5.74) is 0.114. The molecule has 0 N–H and O–H groups in total. The van der Waals surface area contributed by atoms with E-state index in [4.69, 9.17) is 11.6 Å². The molecule has 1 aliphatic carbocycles. The molecule has 0 aliphatic heterocycles. The second-order valence-corrected chi connectivity index (χ2v) is 6.38. The van der Waals surface area contributed by atoms with E-state index in [9.17, 15) is 8.42 Å². The van der Waals surface area contributed by atoms with Gasteiger partial charge in [-0.1, -0.05) is 0 Å². The lowest BCUT2D eigenvalue weighted by Gasteiger charge is -2.11. The lowest BCUT2D eigenvalue weighted by Crippen LogP contribution is -2.15. The molecule has 0 unspecified atom stereocenters. The number of halogens is 1. The van der Waals surface area contributed by atoms with Crippen LogP contribution in [0.15, 0.2) is 0 Å². The molecule has 1 rings (SSSR count). The number of sulfone groups is 1. The molecule has 0 aromatic rings. The lowest BCUT2D eigenvalue weighted by molar-refractivity contribution is 0.500. The molecule has 0 amide bonds. The first kappa shape index (κ1) is 10.3. The topological polar surface area (TPSA) is 34.1 Å². The highest BCUT2D eigenvalue weighted by Crippen LogP contribution is 2.50. The van der Waals surface area contributed by atoms with Gasteiger partial charge in [-0.2, -0.15) is 0 Å². The minimum absolute atomic E-state index is 0.114. The minimum atomic E-state index is -2.79. The van der Waals surface area contributed by atoms with E-state index in [1.807, 2.05) is 0 Å². The summed E-state index contributed by atoms with van der Waals surface area (Å²) >= 11 is 5.56. The zero-order valence-electron chi connectivity index (χ0n) is 7.35. The third kappa shape index (κ3) is 3.31. The van der Waals surface area contributed by atoms with Crippen molar-refractivity contribution in [2.24, 2.45) is 5.41 Å². The van der Waals surface area contributed by atoms with Crippen LogP contribution in [0.1, 0.15) is 25.7 Å². The second-order valence-electron chi connectivity index (χ2n) is 3.86. The number of hydrogen-bond donors (Lipinski definition) is 0. The average Bonchev–Trinajstić information content (AvgIpc) is 2.62. The van der Waals surface area contributed by atoms with Crippen LogP contribution >= 0.6 is 11.6 Å². The highest BCUT2D eigenvalue weighted by molar-refractivity contribution is 7.90. The number of alkyl halides is 1. The van der Waals surface area contributed by atoms with Crippen LogP contribution in [0.4, 0.5) is 0 Å². The van der Waals surface area contributed by atoms with E-state index in [1.54, 1.807) is 0 Å². The van der Waals surface area contributed by atoms with E-state index in [2.05, 4.69) is 0 Å². The fourth-order valence-electron chi connectivity index (χ4n) is 1.64. The Morgan fingerprint density at radius 2 is 2.00 bits per heavy atom. The van der Waals surface area contributed by atoms with Crippen LogP contribution < -0.4 is 0 Å². The second kappa shape index (κ2) is 3.54. The van der Waals surface area contributed by atoms with Crippen LogP contribution in [-0.4, -0.2) is 26.3 Å². The van der Waals surface area contributed by atoms with Crippen LogP contribution in [0.3, 0.4) is 0 Å².